The lowest BCUT2D eigenvalue weighted by Crippen LogP contribution is -2.40. The highest BCUT2D eigenvalue weighted by atomic mass is 19.1. The summed E-state index contributed by atoms with van der Waals surface area (Å²) in [6.45, 7) is 5.51. The molecule has 0 unspecified atom stereocenters. The summed E-state index contributed by atoms with van der Waals surface area (Å²) in [6, 6.07) is 8.31. The summed E-state index contributed by atoms with van der Waals surface area (Å²) < 4.78 is 13.9. The largest absolute Gasteiger partial charge is 0.271 e. The Morgan fingerprint density at radius 1 is 0.962 bits per heavy atom. The van der Waals surface area contributed by atoms with E-state index in [9.17, 15) is 14.0 Å². The maximum Gasteiger partial charge on any atom is 0.263 e. The highest BCUT2D eigenvalue weighted by molar-refractivity contribution is 6.26. The van der Waals surface area contributed by atoms with E-state index in [2.05, 4.69) is 10.3 Å². The lowest BCUT2D eigenvalue weighted by molar-refractivity contribution is -0.121. The summed E-state index contributed by atoms with van der Waals surface area (Å²) >= 11 is 0. The average Bonchev–Trinajstić information content (AvgIpc) is 3.12. The quantitative estimate of drug-likeness (QED) is 0.780. The van der Waals surface area contributed by atoms with Gasteiger partial charge in [-0.3, -0.25) is 9.59 Å². The summed E-state index contributed by atoms with van der Waals surface area (Å²) in [5, 5.41) is 9.56. The summed E-state index contributed by atoms with van der Waals surface area (Å²) in [4.78, 5) is 26.7. The maximum atomic E-state index is 13.9. The predicted octanol–water partition coefficient (Wildman–Crippen LogP) is 3.25. The van der Waals surface area contributed by atoms with E-state index in [-0.39, 0.29) is 5.69 Å². The number of hydrogen-bond acceptors (Lipinski definition) is 5. The van der Waals surface area contributed by atoms with Crippen molar-refractivity contribution in [3.8, 4) is 0 Å². The molecule has 6 nitrogen and oxygen atoms in total. The Bertz CT molecular complexity index is 972. The van der Waals surface area contributed by atoms with Gasteiger partial charge in [0.05, 0.1) is 11.4 Å². The fourth-order valence-corrected chi connectivity index (χ4v) is 3.40. The number of imide groups is 1. The van der Waals surface area contributed by atoms with Crippen LogP contribution in [0.25, 0.3) is 0 Å². The third-order valence-corrected chi connectivity index (χ3v) is 4.79. The predicted molar refractivity (Wildman–Crippen MR) is 94.5 cm³/mol. The minimum Gasteiger partial charge on any atom is -0.271 e. The Morgan fingerprint density at radius 2 is 1.73 bits per heavy atom. The van der Waals surface area contributed by atoms with Crippen molar-refractivity contribution in [2.45, 2.75) is 32.9 Å². The van der Waals surface area contributed by atoms with Crippen molar-refractivity contribution in [3.63, 3.8) is 0 Å². The second-order valence-electron chi connectivity index (χ2n) is 6.67. The topological polar surface area (TPSA) is 65.3 Å². The number of rotatable bonds is 2. The van der Waals surface area contributed by atoms with Crippen LogP contribution in [-0.4, -0.2) is 23.9 Å². The van der Waals surface area contributed by atoms with Crippen LogP contribution in [0, 0.1) is 26.6 Å². The molecule has 0 bridgehead atoms. The summed E-state index contributed by atoms with van der Waals surface area (Å²) in [5.74, 6) is -1.40. The second kappa shape index (κ2) is 5.72. The zero-order chi connectivity index (χ0) is 18.6. The van der Waals surface area contributed by atoms with E-state index in [1.807, 2.05) is 32.0 Å². The normalized spacial score (nSPS) is 21.7. The molecule has 2 heterocycles. The van der Waals surface area contributed by atoms with Crippen LogP contribution in [0.2, 0.25) is 0 Å². The highest BCUT2D eigenvalue weighted by Gasteiger charge is 2.55. The van der Waals surface area contributed by atoms with E-state index in [1.54, 1.807) is 19.1 Å². The number of carbonyl (C=O) groups excluding carboxylic acids is 2. The van der Waals surface area contributed by atoms with Crippen LogP contribution in [0.3, 0.4) is 0 Å². The lowest BCUT2D eigenvalue weighted by atomic mass is 10.1. The Hall–Kier alpha value is -3.09. The van der Waals surface area contributed by atoms with Gasteiger partial charge in [0.25, 0.3) is 11.8 Å². The molecule has 0 saturated carbocycles. The van der Waals surface area contributed by atoms with E-state index in [4.69, 9.17) is 0 Å². The fourth-order valence-electron chi connectivity index (χ4n) is 3.40. The fraction of sp³-hybridized carbons (Fsp3) is 0.263. The highest BCUT2D eigenvalue weighted by Crippen LogP contribution is 2.36. The molecule has 0 aromatic heterocycles. The van der Waals surface area contributed by atoms with Gasteiger partial charge in [0.1, 0.15) is 5.82 Å². The van der Waals surface area contributed by atoms with Crippen molar-refractivity contribution in [1.82, 2.24) is 0 Å². The number of halogens is 1. The molecule has 1 saturated heterocycles. The van der Waals surface area contributed by atoms with Crippen LogP contribution in [0.15, 0.2) is 46.7 Å². The van der Waals surface area contributed by atoms with E-state index in [0.29, 0.717) is 5.56 Å². The molecule has 2 aromatic carbocycles. The van der Waals surface area contributed by atoms with E-state index >= 15 is 0 Å². The summed E-state index contributed by atoms with van der Waals surface area (Å²) in [6.07, 6.45) is 0. The number of amides is 2. The summed E-state index contributed by atoms with van der Waals surface area (Å²) in [5.41, 5.74) is 3.41. The molecule has 2 atom stereocenters. The minimum absolute atomic E-state index is 0.216. The molecule has 0 N–H and O–H groups in total. The van der Waals surface area contributed by atoms with Crippen LogP contribution < -0.4 is 9.91 Å². The minimum atomic E-state index is -0.910. The van der Waals surface area contributed by atoms with Gasteiger partial charge >= 0.3 is 0 Å². The third kappa shape index (κ3) is 2.31. The number of hydrogen-bond donors (Lipinski definition) is 0. The van der Waals surface area contributed by atoms with Gasteiger partial charge in [-0.05, 0) is 50.1 Å². The van der Waals surface area contributed by atoms with Gasteiger partial charge in [-0.1, -0.05) is 29.0 Å². The molecular formula is C19H17FN4O2. The number of aryl methyl sites for hydroxylation is 3. The molecule has 2 aliphatic rings. The van der Waals surface area contributed by atoms with Crippen molar-refractivity contribution in [2.75, 3.05) is 9.91 Å². The van der Waals surface area contributed by atoms with Crippen LogP contribution >= 0.6 is 0 Å². The maximum absolute atomic E-state index is 13.9. The van der Waals surface area contributed by atoms with Gasteiger partial charge < -0.3 is 0 Å². The number of benzene rings is 2. The van der Waals surface area contributed by atoms with Gasteiger partial charge in [0.2, 0.25) is 0 Å². The molecule has 2 aromatic rings. The Morgan fingerprint density at radius 3 is 2.42 bits per heavy atom. The van der Waals surface area contributed by atoms with Crippen molar-refractivity contribution < 1.29 is 14.0 Å². The second-order valence-corrected chi connectivity index (χ2v) is 6.67. The smallest absolute Gasteiger partial charge is 0.263 e. The third-order valence-electron chi connectivity index (χ3n) is 4.79. The Balaban J connectivity index is 1.72. The molecule has 0 spiro atoms. The number of nitrogens with zero attached hydrogens (tertiary/aromatic N) is 4. The zero-order valence-electron chi connectivity index (χ0n) is 14.6. The van der Waals surface area contributed by atoms with Gasteiger partial charge in [-0.2, -0.15) is 5.11 Å². The van der Waals surface area contributed by atoms with Crippen LogP contribution in [-0.2, 0) is 9.59 Å². The van der Waals surface area contributed by atoms with Gasteiger partial charge in [0.15, 0.2) is 12.1 Å². The van der Waals surface area contributed by atoms with E-state index in [1.165, 1.54) is 11.1 Å². The molecule has 26 heavy (non-hydrogen) atoms. The Kier molecular flexibility index (Phi) is 3.61. The molecule has 4 rings (SSSR count). The molecule has 0 aliphatic carbocycles. The van der Waals surface area contributed by atoms with Gasteiger partial charge in [0, 0.05) is 0 Å². The van der Waals surface area contributed by atoms with Crippen molar-refractivity contribution in [3.05, 3.63) is 58.9 Å². The molecule has 132 valence electrons. The Labute approximate surface area is 149 Å². The monoisotopic (exact) mass is 352 g/mol. The SMILES string of the molecule is Cc1ccc(N2N=N[C@H]3C(=O)N(c4ccc(C)c(F)c4)C(=O)[C@H]32)c(C)c1. The first kappa shape index (κ1) is 16.4. The molecule has 2 amide bonds. The first-order valence-electron chi connectivity index (χ1n) is 8.29. The average molecular weight is 352 g/mol. The molecular weight excluding hydrogens is 335 g/mol. The number of fused-ring (bicyclic) bond motifs is 1. The van der Waals surface area contributed by atoms with Crippen molar-refractivity contribution in [1.29, 1.82) is 0 Å². The van der Waals surface area contributed by atoms with Crippen molar-refractivity contribution in [2.24, 2.45) is 10.3 Å². The van der Waals surface area contributed by atoms with Gasteiger partial charge in [-0.15, -0.1) is 0 Å². The molecule has 2 aliphatic heterocycles. The lowest BCUT2D eigenvalue weighted by Gasteiger charge is -2.22. The molecule has 1 fully saturated rings. The number of carbonyl (C=O) groups is 2. The first-order chi connectivity index (χ1) is 12.4. The van der Waals surface area contributed by atoms with Crippen molar-refractivity contribution >= 4 is 23.2 Å². The first-order valence-corrected chi connectivity index (χ1v) is 8.29. The van der Waals surface area contributed by atoms with Crippen LogP contribution in [0.5, 0.6) is 0 Å². The molecule has 0 radical (unpaired) electrons. The number of anilines is 2. The summed E-state index contributed by atoms with van der Waals surface area (Å²) in [7, 11) is 0. The standard InChI is InChI=1S/C19H17FN4O2/c1-10-4-7-15(12(3)8-10)24-17-16(21-22-24)18(25)23(19(17)26)13-6-5-11(2)14(20)9-13/h4-9,16-17H,1-3H3/t16-,17+/m1/s1. The van der Waals surface area contributed by atoms with Crippen LogP contribution in [0.4, 0.5) is 15.8 Å². The van der Waals surface area contributed by atoms with E-state index < -0.39 is 29.7 Å². The zero-order valence-corrected chi connectivity index (χ0v) is 14.6. The molecule has 7 heteroatoms. The van der Waals surface area contributed by atoms with Crippen LogP contribution in [0.1, 0.15) is 16.7 Å². The van der Waals surface area contributed by atoms with E-state index in [0.717, 1.165) is 21.7 Å². The van der Waals surface area contributed by atoms with Gasteiger partial charge in [-0.25, -0.2) is 14.3 Å².